The Morgan fingerprint density at radius 3 is 2.76 bits per heavy atom. The Bertz CT molecular complexity index is 450. The van der Waals surface area contributed by atoms with Crippen molar-refractivity contribution in [3.8, 4) is 0 Å². The van der Waals surface area contributed by atoms with E-state index in [1.165, 1.54) is 17.0 Å². The van der Waals surface area contributed by atoms with E-state index in [2.05, 4.69) is 0 Å². The van der Waals surface area contributed by atoms with Crippen molar-refractivity contribution >= 4 is 29.1 Å². The fourth-order valence-corrected chi connectivity index (χ4v) is 2.23. The number of halogens is 3. The van der Waals surface area contributed by atoms with Gasteiger partial charge >= 0.3 is 0 Å². The molecule has 1 aliphatic rings. The maximum absolute atomic E-state index is 13.0. The molecule has 92 valence electrons. The molecule has 0 spiro atoms. The van der Waals surface area contributed by atoms with Crippen LogP contribution in [-0.2, 0) is 11.3 Å². The molecule has 0 heterocycles. The van der Waals surface area contributed by atoms with Crippen LogP contribution in [0, 0.1) is 11.7 Å². The van der Waals surface area contributed by atoms with Crippen molar-refractivity contribution in [1.82, 2.24) is 4.90 Å². The lowest BCUT2D eigenvalue weighted by Gasteiger charge is -2.17. The van der Waals surface area contributed by atoms with Gasteiger partial charge in [-0.1, -0.05) is 12.1 Å². The molecule has 1 saturated carbocycles. The van der Waals surface area contributed by atoms with E-state index >= 15 is 0 Å². The molecule has 2 rings (SSSR count). The maximum atomic E-state index is 13.0. The molecule has 0 bridgehead atoms. The summed E-state index contributed by atoms with van der Waals surface area (Å²) in [5.41, 5.74) is 0.747. The summed E-state index contributed by atoms with van der Waals surface area (Å²) in [6.07, 6.45) is 0.489. The fraction of sp³-hybridized carbons (Fsp3) is 0.417. The van der Waals surface area contributed by atoms with E-state index in [4.69, 9.17) is 23.2 Å². The average Bonchev–Trinajstić information content (AvgIpc) is 2.86. The van der Waals surface area contributed by atoms with Crippen LogP contribution in [0.5, 0.6) is 0 Å². The van der Waals surface area contributed by atoms with Crippen LogP contribution in [0.25, 0.3) is 0 Å². The number of benzene rings is 1. The van der Waals surface area contributed by atoms with Crippen LogP contribution < -0.4 is 0 Å². The molecule has 1 atom stereocenters. The molecule has 5 heteroatoms. The van der Waals surface area contributed by atoms with Gasteiger partial charge in [-0.15, -0.1) is 23.2 Å². The lowest BCUT2D eigenvalue weighted by Crippen LogP contribution is -2.29. The highest BCUT2D eigenvalue weighted by Gasteiger charge is 2.57. The van der Waals surface area contributed by atoms with Crippen molar-refractivity contribution in [2.24, 2.45) is 5.92 Å². The Labute approximate surface area is 109 Å². The number of amides is 1. The van der Waals surface area contributed by atoms with Gasteiger partial charge in [-0.25, -0.2) is 4.39 Å². The first-order valence-corrected chi connectivity index (χ1v) is 6.03. The van der Waals surface area contributed by atoms with Crippen LogP contribution in [0.15, 0.2) is 24.3 Å². The molecule has 17 heavy (non-hydrogen) atoms. The van der Waals surface area contributed by atoms with Crippen LogP contribution in [0.4, 0.5) is 4.39 Å². The van der Waals surface area contributed by atoms with Gasteiger partial charge in [0.05, 0.1) is 5.92 Å². The van der Waals surface area contributed by atoms with Gasteiger partial charge in [0.1, 0.15) is 10.2 Å². The Balaban J connectivity index is 1.98. The molecule has 0 saturated heterocycles. The van der Waals surface area contributed by atoms with Crippen LogP contribution in [-0.4, -0.2) is 22.2 Å². The van der Waals surface area contributed by atoms with Gasteiger partial charge < -0.3 is 4.90 Å². The SMILES string of the molecule is CN(Cc1cccc(F)c1)C(=O)C1CC1(Cl)Cl. The molecule has 0 N–H and O–H groups in total. The fourth-order valence-electron chi connectivity index (χ4n) is 1.73. The molecule has 1 aromatic rings. The summed E-state index contributed by atoms with van der Waals surface area (Å²) in [5, 5.41) is 0. The third-order valence-electron chi connectivity index (χ3n) is 2.81. The number of hydrogen-bond acceptors (Lipinski definition) is 1. The van der Waals surface area contributed by atoms with E-state index in [-0.39, 0.29) is 17.6 Å². The molecule has 1 unspecified atom stereocenters. The number of alkyl halides is 2. The third kappa shape index (κ3) is 2.90. The van der Waals surface area contributed by atoms with Crippen LogP contribution in [0.1, 0.15) is 12.0 Å². The number of carbonyl (C=O) groups is 1. The van der Waals surface area contributed by atoms with Gasteiger partial charge in [0, 0.05) is 13.6 Å². The van der Waals surface area contributed by atoms with Gasteiger partial charge in [0.15, 0.2) is 0 Å². The maximum Gasteiger partial charge on any atom is 0.228 e. The van der Waals surface area contributed by atoms with E-state index in [1.807, 2.05) is 0 Å². The highest BCUT2D eigenvalue weighted by Crippen LogP contribution is 2.53. The minimum absolute atomic E-state index is 0.0979. The van der Waals surface area contributed by atoms with Crippen LogP contribution in [0.3, 0.4) is 0 Å². The van der Waals surface area contributed by atoms with Crippen molar-refractivity contribution in [1.29, 1.82) is 0 Å². The first-order valence-electron chi connectivity index (χ1n) is 5.27. The summed E-state index contributed by atoms with van der Waals surface area (Å²) in [6.45, 7) is 0.358. The standard InChI is InChI=1S/C12H12Cl2FNO/c1-16(11(17)10-6-12(10,13)14)7-8-3-2-4-9(15)5-8/h2-5,10H,6-7H2,1H3. The van der Waals surface area contributed by atoms with Gasteiger partial charge in [-0.05, 0) is 24.1 Å². The summed E-state index contributed by atoms with van der Waals surface area (Å²) < 4.78 is 12.1. The topological polar surface area (TPSA) is 20.3 Å². The largest absolute Gasteiger partial charge is 0.341 e. The zero-order valence-corrected chi connectivity index (χ0v) is 10.8. The van der Waals surface area contributed by atoms with E-state index < -0.39 is 4.33 Å². The van der Waals surface area contributed by atoms with E-state index in [0.717, 1.165) is 5.56 Å². The minimum Gasteiger partial charge on any atom is -0.341 e. The predicted molar refractivity (Wildman–Crippen MR) is 65.4 cm³/mol. The van der Waals surface area contributed by atoms with Crippen molar-refractivity contribution in [2.75, 3.05) is 7.05 Å². The molecule has 0 aliphatic heterocycles. The monoisotopic (exact) mass is 275 g/mol. The number of nitrogens with zero attached hydrogens (tertiary/aromatic N) is 1. The normalized spacial score (nSPS) is 21.1. The molecule has 1 aromatic carbocycles. The Morgan fingerprint density at radius 2 is 2.24 bits per heavy atom. The lowest BCUT2D eigenvalue weighted by atomic mass is 10.2. The molecule has 1 fully saturated rings. The molecular weight excluding hydrogens is 264 g/mol. The Kier molecular flexibility index (Phi) is 3.32. The highest BCUT2D eigenvalue weighted by atomic mass is 35.5. The van der Waals surface area contributed by atoms with Gasteiger partial charge in [-0.3, -0.25) is 4.79 Å². The summed E-state index contributed by atoms with van der Waals surface area (Å²) >= 11 is 11.7. The van der Waals surface area contributed by atoms with Gasteiger partial charge in [-0.2, -0.15) is 0 Å². The summed E-state index contributed by atoms with van der Waals surface area (Å²) in [7, 11) is 1.66. The smallest absolute Gasteiger partial charge is 0.228 e. The second-order valence-electron chi connectivity index (χ2n) is 4.34. The number of carbonyl (C=O) groups excluding carboxylic acids is 1. The molecule has 0 radical (unpaired) electrons. The molecular formula is C12H12Cl2FNO. The third-order valence-corrected chi connectivity index (χ3v) is 3.64. The average molecular weight is 276 g/mol. The highest BCUT2D eigenvalue weighted by molar-refractivity contribution is 6.52. The van der Waals surface area contributed by atoms with E-state index in [1.54, 1.807) is 19.2 Å². The van der Waals surface area contributed by atoms with Crippen molar-refractivity contribution in [3.63, 3.8) is 0 Å². The Hall–Kier alpha value is -0.800. The molecule has 1 amide bonds. The molecule has 2 nitrogen and oxygen atoms in total. The van der Waals surface area contributed by atoms with E-state index in [9.17, 15) is 9.18 Å². The van der Waals surface area contributed by atoms with Crippen LogP contribution >= 0.6 is 23.2 Å². The van der Waals surface area contributed by atoms with Gasteiger partial charge in [0.25, 0.3) is 0 Å². The zero-order chi connectivity index (χ0) is 12.6. The second kappa shape index (κ2) is 4.46. The van der Waals surface area contributed by atoms with Crippen molar-refractivity contribution in [3.05, 3.63) is 35.6 Å². The first-order chi connectivity index (χ1) is 7.90. The minimum atomic E-state index is -0.909. The quantitative estimate of drug-likeness (QED) is 0.777. The van der Waals surface area contributed by atoms with Crippen molar-refractivity contribution in [2.45, 2.75) is 17.3 Å². The summed E-state index contributed by atoms with van der Waals surface area (Å²) in [5.74, 6) is -0.734. The second-order valence-corrected chi connectivity index (χ2v) is 5.88. The van der Waals surface area contributed by atoms with Gasteiger partial charge in [0.2, 0.25) is 5.91 Å². The lowest BCUT2D eigenvalue weighted by molar-refractivity contribution is -0.131. The van der Waals surface area contributed by atoms with Crippen LogP contribution in [0.2, 0.25) is 0 Å². The predicted octanol–water partition coefficient (Wildman–Crippen LogP) is 2.98. The molecule has 0 aromatic heterocycles. The van der Waals surface area contributed by atoms with Crippen molar-refractivity contribution < 1.29 is 9.18 Å². The molecule has 1 aliphatic carbocycles. The number of hydrogen-bond donors (Lipinski definition) is 0. The summed E-state index contributed by atoms with van der Waals surface area (Å²) in [6, 6.07) is 6.17. The van der Waals surface area contributed by atoms with E-state index in [0.29, 0.717) is 13.0 Å². The first kappa shape index (κ1) is 12.7. The Morgan fingerprint density at radius 1 is 1.59 bits per heavy atom. The zero-order valence-electron chi connectivity index (χ0n) is 9.29. The summed E-state index contributed by atoms with van der Waals surface area (Å²) in [4.78, 5) is 13.4. The number of rotatable bonds is 3.